The van der Waals surface area contributed by atoms with Crippen LogP contribution in [-0.2, 0) is 20.5 Å². The first-order chi connectivity index (χ1) is 9.43. The van der Waals surface area contributed by atoms with Gasteiger partial charge in [0.15, 0.2) is 0 Å². The second-order valence-corrected chi connectivity index (χ2v) is 6.74. The fourth-order valence-corrected chi connectivity index (χ4v) is 2.66. The molecule has 0 atom stereocenters. The van der Waals surface area contributed by atoms with E-state index in [0.29, 0.717) is 30.3 Å². The minimum Gasteiger partial charge on any atom is -0.380 e. The van der Waals surface area contributed by atoms with E-state index in [1.165, 1.54) is 0 Å². The van der Waals surface area contributed by atoms with Crippen molar-refractivity contribution >= 4 is 10.0 Å². The molecule has 1 N–H and O–H groups in total. The molecule has 1 aromatic rings. The minimum absolute atomic E-state index is 0.0944. The van der Waals surface area contributed by atoms with E-state index in [4.69, 9.17) is 10.00 Å². The maximum Gasteiger partial charge on any atom is 0.215 e. The number of benzene rings is 1. The molecule has 0 saturated heterocycles. The minimum atomic E-state index is -3.37. The van der Waals surface area contributed by atoms with Gasteiger partial charge in [-0.05, 0) is 23.6 Å². The van der Waals surface area contributed by atoms with Gasteiger partial charge in [0.05, 0.1) is 24.0 Å². The van der Waals surface area contributed by atoms with E-state index in [1.54, 1.807) is 24.3 Å². The second kappa shape index (κ2) is 8.00. The molecular weight excluding hydrogens is 276 g/mol. The molecule has 0 unspecified atom stereocenters. The number of nitriles is 1. The highest BCUT2D eigenvalue weighted by Crippen LogP contribution is 2.07. The van der Waals surface area contributed by atoms with Crippen molar-refractivity contribution in [2.75, 3.05) is 19.8 Å². The summed E-state index contributed by atoms with van der Waals surface area (Å²) in [6.07, 6.45) is 0. The Morgan fingerprint density at radius 3 is 2.50 bits per heavy atom. The standard InChI is InChI=1S/C14H20N2O3S/c1-12(2)10-19-8-7-16-20(17,18)11-14-5-3-13(9-15)4-6-14/h3-6,12,16H,7-8,10-11H2,1-2H3. The first-order valence-electron chi connectivity index (χ1n) is 6.47. The van der Waals surface area contributed by atoms with Crippen LogP contribution in [0.2, 0.25) is 0 Å². The second-order valence-electron chi connectivity index (χ2n) is 4.93. The summed E-state index contributed by atoms with van der Waals surface area (Å²) in [6, 6.07) is 8.50. The highest BCUT2D eigenvalue weighted by atomic mass is 32.2. The number of hydrogen-bond acceptors (Lipinski definition) is 4. The summed E-state index contributed by atoms with van der Waals surface area (Å²) in [5.41, 5.74) is 1.17. The van der Waals surface area contributed by atoms with E-state index < -0.39 is 10.0 Å². The van der Waals surface area contributed by atoms with Crippen molar-refractivity contribution in [3.8, 4) is 6.07 Å². The summed E-state index contributed by atoms with van der Waals surface area (Å²) < 4.78 is 31.4. The van der Waals surface area contributed by atoms with Crippen molar-refractivity contribution in [1.29, 1.82) is 5.26 Å². The molecule has 0 spiro atoms. The Bertz CT molecular complexity index is 545. The molecule has 0 aromatic heterocycles. The van der Waals surface area contributed by atoms with Crippen LogP contribution in [0.1, 0.15) is 25.0 Å². The largest absolute Gasteiger partial charge is 0.380 e. The van der Waals surface area contributed by atoms with Gasteiger partial charge in [-0.25, -0.2) is 13.1 Å². The van der Waals surface area contributed by atoms with Crippen LogP contribution < -0.4 is 4.72 Å². The number of nitrogens with zero attached hydrogens (tertiary/aromatic N) is 1. The molecule has 1 aromatic carbocycles. The van der Waals surface area contributed by atoms with Crippen molar-refractivity contribution in [1.82, 2.24) is 4.72 Å². The summed E-state index contributed by atoms with van der Waals surface area (Å²) in [4.78, 5) is 0. The lowest BCUT2D eigenvalue weighted by atomic mass is 10.2. The van der Waals surface area contributed by atoms with Gasteiger partial charge in [-0.15, -0.1) is 0 Å². The zero-order valence-corrected chi connectivity index (χ0v) is 12.6. The van der Waals surface area contributed by atoms with Crippen molar-refractivity contribution in [3.63, 3.8) is 0 Å². The van der Waals surface area contributed by atoms with Crippen LogP contribution in [0.3, 0.4) is 0 Å². The Hall–Kier alpha value is -1.42. The van der Waals surface area contributed by atoms with E-state index in [1.807, 2.05) is 19.9 Å². The number of sulfonamides is 1. The summed E-state index contributed by atoms with van der Waals surface area (Å²) >= 11 is 0. The van der Waals surface area contributed by atoms with Crippen LogP contribution in [0.25, 0.3) is 0 Å². The lowest BCUT2D eigenvalue weighted by molar-refractivity contribution is 0.114. The van der Waals surface area contributed by atoms with Gasteiger partial charge in [0.25, 0.3) is 0 Å². The molecule has 0 saturated carbocycles. The van der Waals surface area contributed by atoms with Crippen LogP contribution in [0.5, 0.6) is 0 Å². The van der Waals surface area contributed by atoms with E-state index >= 15 is 0 Å². The van der Waals surface area contributed by atoms with Gasteiger partial charge in [0.1, 0.15) is 0 Å². The summed E-state index contributed by atoms with van der Waals surface area (Å²) in [6.45, 7) is 5.33. The Morgan fingerprint density at radius 2 is 1.95 bits per heavy atom. The van der Waals surface area contributed by atoms with Gasteiger partial charge in [0, 0.05) is 13.2 Å². The average molecular weight is 296 g/mol. The Labute approximate surface area is 120 Å². The van der Waals surface area contributed by atoms with Crippen molar-refractivity contribution in [2.45, 2.75) is 19.6 Å². The van der Waals surface area contributed by atoms with Crippen molar-refractivity contribution in [2.24, 2.45) is 5.92 Å². The average Bonchev–Trinajstić information content (AvgIpc) is 2.38. The highest BCUT2D eigenvalue weighted by Gasteiger charge is 2.10. The third-order valence-electron chi connectivity index (χ3n) is 2.46. The molecule has 0 heterocycles. The number of rotatable bonds is 8. The Kier molecular flexibility index (Phi) is 6.65. The molecule has 110 valence electrons. The smallest absolute Gasteiger partial charge is 0.215 e. The third-order valence-corrected chi connectivity index (χ3v) is 3.82. The lowest BCUT2D eigenvalue weighted by Gasteiger charge is -2.09. The van der Waals surface area contributed by atoms with Gasteiger partial charge in [0.2, 0.25) is 10.0 Å². The van der Waals surface area contributed by atoms with E-state index in [-0.39, 0.29) is 12.3 Å². The Morgan fingerprint density at radius 1 is 1.30 bits per heavy atom. The molecule has 0 bridgehead atoms. The summed E-state index contributed by atoms with van der Waals surface area (Å²) in [5.74, 6) is 0.341. The van der Waals surface area contributed by atoms with Crippen LogP contribution in [0.4, 0.5) is 0 Å². The molecule has 20 heavy (non-hydrogen) atoms. The molecule has 0 radical (unpaired) electrons. The van der Waals surface area contributed by atoms with E-state index in [9.17, 15) is 8.42 Å². The molecule has 0 amide bonds. The van der Waals surface area contributed by atoms with E-state index in [2.05, 4.69) is 4.72 Å². The monoisotopic (exact) mass is 296 g/mol. The van der Waals surface area contributed by atoms with Gasteiger partial charge in [-0.1, -0.05) is 26.0 Å². The Balaban J connectivity index is 2.39. The van der Waals surface area contributed by atoms with Crippen molar-refractivity contribution in [3.05, 3.63) is 35.4 Å². The van der Waals surface area contributed by atoms with Gasteiger partial charge < -0.3 is 4.74 Å². The van der Waals surface area contributed by atoms with Crippen molar-refractivity contribution < 1.29 is 13.2 Å². The molecule has 1 rings (SSSR count). The summed E-state index contributed by atoms with van der Waals surface area (Å²) in [5, 5.41) is 8.67. The maximum absolute atomic E-state index is 11.8. The first-order valence-corrected chi connectivity index (χ1v) is 8.12. The van der Waals surface area contributed by atoms with E-state index in [0.717, 1.165) is 0 Å². The van der Waals surface area contributed by atoms with Crippen LogP contribution in [0.15, 0.2) is 24.3 Å². The number of nitrogens with one attached hydrogen (secondary N) is 1. The maximum atomic E-state index is 11.8. The highest BCUT2D eigenvalue weighted by molar-refractivity contribution is 7.88. The molecule has 0 fully saturated rings. The quantitative estimate of drug-likeness (QED) is 0.740. The fourth-order valence-electron chi connectivity index (χ4n) is 1.53. The van der Waals surface area contributed by atoms with Crippen LogP contribution in [0, 0.1) is 17.2 Å². The zero-order valence-electron chi connectivity index (χ0n) is 11.8. The van der Waals surface area contributed by atoms with Gasteiger partial charge in [-0.3, -0.25) is 0 Å². The van der Waals surface area contributed by atoms with Crippen LogP contribution in [-0.4, -0.2) is 28.2 Å². The molecule has 0 aliphatic carbocycles. The molecule has 5 nitrogen and oxygen atoms in total. The van der Waals surface area contributed by atoms with Gasteiger partial charge >= 0.3 is 0 Å². The molecule has 6 heteroatoms. The lowest BCUT2D eigenvalue weighted by Crippen LogP contribution is -2.29. The number of hydrogen-bond donors (Lipinski definition) is 1. The first kappa shape index (κ1) is 16.6. The summed E-state index contributed by atoms with van der Waals surface area (Å²) in [7, 11) is -3.37. The zero-order chi connectivity index (χ0) is 15.0. The molecule has 0 aliphatic rings. The SMILES string of the molecule is CC(C)COCCNS(=O)(=O)Cc1ccc(C#N)cc1. The number of ether oxygens (including phenoxy) is 1. The molecular formula is C14H20N2O3S. The fraction of sp³-hybridized carbons (Fsp3) is 0.500. The van der Waals surface area contributed by atoms with Gasteiger partial charge in [-0.2, -0.15) is 5.26 Å². The van der Waals surface area contributed by atoms with Crippen LogP contribution >= 0.6 is 0 Å². The third kappa shape index (κ3) is 6.66. The normalized spacial score (nSPS) is 11.5. The molecule has 0 aliphatic heterocycles. The predicted molar refractivity (Wildman–Crippen MR) is 77.4 cm³/mol. The predicted octanol–water partition coefficient (Wildman–Crippen LogP) is 1.65. The topological polar surface area (TPSA) is 79.2 Å².